The molecule has 1 aromatic carbocycles. The summed E-state index contributed by atoms with van der Waals surface area (Å²) < 4.78 is 5.69. The van der Waals surface area contributed by atoms with Crippen LogP contribution in [-0.2, 0) is 6.54 Å². The maximum Gasteiger partial charge on any atom is 0.123 e. The molecular formula is C12H18N2O. The van der Waals surface area contributed by atoms with Gasteiger partial charge in [-0.25, -0.2) is 0 Å². The number of hydrogen-bond donors (Lipinski definition) is 1. The first kappa shape index (κ1) is 10.5. The zero-order chi connectivity index (χ0) is 10.5. The molecule has 82 valence electrons. The molecule has 1 aliphatic heterocycles. The normalized spacial score (nSPS) is 16.6. The van der Waals surface area contributed by atoms with E-state index >= 15 is 0 Å². The molecule has 0 saturated heterocycles. The number of fused-ring (bicyclic) bond motifs is 1. The Hall–Kier alpha value is -1.06. The van der Waals surface area contributed by atoms with E-state index in [1.54, 1.807) is 0 Å². The van der Waals surface area contributed by atoms with Gasteiger partial charge in [0.15, 0.2) is 0 Å². The molecule has 1 aromatic rings. The third kappa shape index (κ3) is 2.70. The smallest absolute Gasteiger partial charge is 0.123 e. The first-order chi connectivity index (χ1) is 7.40. The van der Waals surface area contributed by atoms with Crippen LogP contribution in [0.4, 0.5) is 0 Å². The van der Waals surface area contributed by atoms with Gasteiger partial charge >= 0.3 is 0 Å². The Kier molecular flexibility index (Phi) is 3.59. The molecule has 2 rings (SSSR count). The van der Waals surface area contributed by atoms with Crippen LogP contribution < -0.4 is 10.5 Å². The maximum absolute atomic E-state index is 5.69. The average Bonchev–Trinajstić information content (AvgIpc) is 2.47. The Morgan fingerprint density at radius 1 is 1.33 bits per heavy atom. The van der Waals surface area contributed by atoms with Gasteiger partial charge in [-0.2, -0.15) is 0 Å². The molecule has 0 unspecified atom stereocenters. The molecular weight excluding hydrogens is 188 g/mol. The molecule has 15 heavy (non-hydrogen) atoms. The van der Waals surface area contributed by atoms with Crippen molar-refractivity contribution in [2.24, 2.45) is 5.73 Å². The lowest BCUT2D eigenvalue weighted by Crippen LogP contribution is -2.28. The Labute approximate surface area is 90.8 Å². The Morgan fingerprint density at radius 3 is 3.07 bits per heavy atom. The first-order valence-electron chi connectivity index (χ1n) is 5.53. The molecule has 0 aromatic heterocycles. The molecule has 0 spiro atoms. The van der Waals surface area contributed by atoms with E-state index in [1.807, 2.05) is 12.1 Å². The maximum atomic E-state index is 5.69. The standard InChI is InChI=1S/C12H18N2O/c13-6-3-7-14-8-9-15-12-5-2-1-4-11(12)10-14/h1-2,4-5H,3,6-10,13H2. The molecule has 1 heterocycles. The number of benzene rings is 1. The SMILES string of the molecule is NCCCN1CCOc2ccccc2C1. The summed E-state index contributed by atoms with van der Waals surface area (Å²) >= 11 is 0. The number of nitrogens with zero attached hydrogens (tertiary/aromatic N) is 1. The minimum Gasteiger partial charge on any atom is -0.492 e. The Balaban J connectivity index is 2.04. The molecule has 0 fully saturated rings. The predicted octanol–water partition coefficient (Wildman–Crippen LogP) is 1.23. The van der Waals surface area contributed by atoms with Gasteiger partial charge < -0.3 is 10.5 Å². The molecule has 3 nitrogen and oxygen atoms in total. The van der Waals surface area contributed by atoms with Crippen molar-refractivity contribution >= 4 is 0 Å². The third-order valence-corrected chi connectivity index (χ3v) is 2.71. The number of rotatable bonds is 3. The van der Waals surface area contributed by atoms with E-state index in [2.05, 4.69) is 17.0 Å². The zero-order valence-electron chi connectivity index (χ0n) is 8.98. The van der Waals surface area contributed by atoms with Crippen LogP contribution in [0.15, 0.2) is 24.3 Å². The third-order valence-electron chi connectivity index (χ3n) is 2.71. The lowest BCUT2D eigenvalue weighted by molar-refractivity contribution is 0.225. The largest absolute Gasteiger partial charge is 0.492 e. The van der Waals surface area contributed by atoms with Crippen LogP contribution in [0.25, 0.3) is 0 Å². The van der Waals surface area contributed by atoms with Crippen molar-refractivity contribution in [2.45, 2.75) is 13.0 Å². The summed E-state index contributed by atoms with van der Waals surface area (Å²) in [5.41, 5.74) is 6.81. The van der Waals surface area contributed by atoms with E-state index in [0.29, 0.717) is 0 Å². The summed E-state index contributed by atoms with van der Waals surface area (Å²) in [6.45, 7) is 4.58. The molecule has 0 radical (unpaired) electrons. The van der Waals surface area contributed by atoms with Crippen LogP contribution in [0.5, 0.6) is 5.75 Å². The van der Waals surface area contributed by atoms with E-state index in [1.165, 1.54) is 5.56 Å². The van der Waals surface area contributed by atoms with E-state index in [0.717, 1.165) is 45.0 Å². The Morgan fingerprint density at radius 2 is 2.20 bits per heavy atom. The molecule has 0 atom stereocenters. The highest BCUT2D eigenvalue weighted by Gasteiger charge is 2.13. The Bertz CT molecular complexity index is 312. The van der Waals surface area contributed by atoms with Gasteiger partial charge in [0.25, 0.3) is 0 Å². The molecule has 1 aliphatic rings. The second kappa shape index (κ2) is 5.14. The van der Waals surface area contributed by atoms with E-state index in [-0.39, 0.29) is 0 Å². The molecule has 0 amide bonds. The highest BCUT2D eigenvalue weighted by molar-refractivity contribution is 5.33. The summed E-state index contributed by atoms with van der Waals surface area (Å²) in [6.07, 6.45) is 1.06. The van der Waals surface area contributed by atoms with Crippen molar-refractivity contribution in [1.29, 1.82) is 0 Å². The highest BCUT2D eigenvalue weighted by Crippen LogP contribution is 2.22. The van der Waals surface area contributed by atoms with Gasteiger partial charge in [-0.3, -0.25) is 4.90 Å². The lowest BCUT2D eigenvalue weighted by atomic mass is 10.2. The lowest BCUT2D eigenvalue weighted by Gasteiger charge is -2.18. The van der Waals surface area contributed by atoms with Crippen LogP contribution in [0.3, 0.4) is 0 Å². The molecule has 0 saturated carbocycles. The van der Waals surface area contributed by atoms with Gasteiger partial charge in [-0.1, -0.05) is 18.2 Å². The van der Waals surface area contributed by atoms with Gasteiger partial charge in [0, 0.05) is 18.7 Å². The van der Waals surface area contributed by atoms with Gasteiger partial charge in [-0.05, 0) is 25.6 Å². The number of para-hydroxylation sites is 1. The summed E-state index contributed by atoms with van der Waals surface area (Å²) in [6, 6.07) is 8.26. The fourth-order valence-electron chi connectivity index (χ4n) is 1.89. The predicted molar refractivity (Wildman–Crippen MR) is 60.9 cm³/mol. The van der Waals surface area contributed by atoms with Gasteiger partial charge in [0.05, 0.1) is 0 Å². The highest BCUT2D eigenvalue weighted by atomic mass is 16.5. The van der Waals surface area contributed by atoms with Crippen molar-refractivity contribution in [1.82, 2.24) is 4.90 Å². The summed E-state index contributed by atoms with van der Waals surface area (Å²) in [5.74, 6) is 1.03. The number of ether oxygens (including phenoxy) is 1. The second-order valence-electron chi connectivity index (χ2n) is 3.87. The zero-order valence-corrected chi connectivity index (χ0v) is 8.98. The van der Waals surface area contributed by atoms with E-state index < -0.39 is 0 Å². The molecule has 0 aliphatic carbocycles. The number of hydrogen-bond acceptors (Lipinski definition) is 3. The van der Waals surface area contributed by atoms with Crippen LogP contribution in [0.1, 0.15) is 12.0 Å². The molecule has 3 heteroatoms. The van der Waals surface area contributed by atoms with Crippen LogP contribution >= 0.6 is 0 Å². The topological polar surface area (TPSA) is 38.5 Å². The van der Waals surface area contributed by atoms with E-state index in [4.69, 9.17) is 10.5 Å². The summed E-state index contributed by atoms with van der Waals surface area (Å²) in [5, 5.41) is 0. The minimum absolute atomic E-state index is 0.763. The van der Waals surface area contributed by atoms with Crippen molar-refractivity contribution in [2.75, 3.05) is 26.2 Å². The fraction of sp³-hybridized carbons (Fsp3) is 0.500. The monoisotopic (exact) mass is 206 g/mol. The minimum atomic E-state index is 0.763. The summed E-state index contributed by atoms with van der Waals surface area (Å²) in [7, 11) is 0. The fourth-order valence-corrected chi connectivity index (χ4v) is 1.89. The second-order valence-corrected chi connectivity index (χ2v) is 3.87. The van der Waals surface area contributed by atoms with Gasteiger partial charge in [-0.15, -0.1) is 0 Å². The summed E-state index contributed by atoms with van der Waals surface area (Å²) in [4.78, 5) is 2.40. The van der Waals surface area contributed by atoms with Crippen LogP contribution in [0, 0.1) is 0 Å². The average molecular weight is 206 g/mol. The van der Waals surface area contributed by atoms with Gasteiger partial charge in [0.1, 0.15) is 12.4 Å². The van der Waals surface area contributed by atoms with Crippen molar-refractivity contribution < 1.29 is 4.74 Å². The van der Waals surface area contributed by atoms with Gasteiger partial charge in [0.2, 0.25) is 0 Å². The van der Waals surface area contributed by atoms with Crippen molar-refractivity contribution in [3.63, 3.8) is 0 Å². The molecule has 2 N–H and O–H groups in total. The van der Waals surface area contributed by atoms with Crippen LogP contribution in [-0.4, -0.2) is 31.1 Å². The first-order valence-corrected chi connectivity index (χ1v) is 5.53. The van der Waals surface area contributed by atoms with E-state index in [9.17, 15) is 0 Å². The molecule has 0 bridgehead atoms. The van der Waals surface area contributed by atoms with Crippen LogP contribution in [0.2, 0.25) is 0 Å². The quantitative estimate of drug-likeness (QED) is 0.808. The van der Waals surface area contributed by atoms with Crippen molar-refractivity contribution in [3.05, 3.63) is 29.8 Å². The van der Waals surface area contributed by atoms with Crippen molar-refractivity contribution in [3.8, 4) is 5.75 Å². The number of nitrogens with two attached hydrogens (primary N) is 1.